The minimum Gasteiger partial charge on any atom is -0.454 e. The maximum Gasteiger partial charge on any atom is 0.339 e. The number of hydrogen-bond acceptors (Lipinski definition) is 8. The molecule has 10 heteroatoms. The monoisotopic (exact) mass is 491 g/mol. The van der Waals surface area contributed by atoms with Crippen LogP contribution in [0.3, 0.4) is 0 Å². The fraction of sp³-hybridized carbons (Fsp3) is 0.208. The van der Waals surface area contributed by atoms with Gasteiger partial charge in [-0.3, -0.25) is 14.0 Å². The van der Waals surface area contributed by atoms with Crippen LogP contribution in [0.15, 0.2) is 41.2 Å². The third kappa shape index (κ3) is 3.74. The number of Topliss-reactive ketones (excluding diaryl/α,β-unsaturated/α-hetero) is 1. The smallest absolute Gasteiger partial charge is 0.339 e. The molecule has 0 amide bonds. The molecule has 0 unspecified atom stereocenters. The second-order valence-corrected chi connectivity index (χ2v) is 9.69. The number of nitrogens with zero attached hydrogens (tertiary/aromatic N) is 5. The van der Waals surface area contributed by atoms with Crippen LogP contribution < -0.4 is 0 Å². The Balaban J connectivity index is 1.44. The SMILES string of the molecule is Cc1nn(C)c2nc(-c3cccs3)cc(C(=O)OCC(=O)c3cc(C)n(-c4nccs4)c3C)c12. The molecule has 5 aromatic rings. The maximum absolute atomic E-state index is 13.2. The van der Waals surface area contributed by atoms with Gasteiger partial charge in [-0.1, -0.05) is 6.07 Å². The number of pyridine rings is 1. The van der Waals surface area contributed by atoms with Gasteiger partial charge in [0.15, 0.2) is 17.4 Å². The molecule has 0 saturated carbocycles. The molecule has 0 saturated heterocycles. The molecule has 0 atom stereocenters. The van der Waals surface area contributed by atoms with Crippen molar-refractivity contribution in [1.29, 1.82) is 0 Å². The number of aryl methyl sites for hydroxylation is 3. The summed E-state index contributed by atoms with van der Waals surface area (Å²) in [5.41, 5.74) is 4.45. The highest BCUT2D eigenvalue weighted by Crippen LogP contribution is 2.30. The second kappa shape index (κ2) is 8.62. The molecule has 5 rings (SSSR count). The van der Waals surface area contributed by atoms with Crippen molar-refractivity contribution in [2.45, 2.75) is 20.8 Å². The zero-order chi connectivity index (χ0) is 24.0. The van der Waals surface area contributed by atoms with Crippen molar-refractivity contribution in [3.63, 3.8) is 0 Å². The van der Waals surface area contributed by atoms with Crippen LogP contribution in [0, 0.1) is 20.8 Å². The molecule has 0 bridgehead atoms. The van der Waals surface area contributed by atoms with Crippen LogP contribution >= 0.6 is 22.7 Å². The Morgan fingerprint density at radius 3 is 2.62 bits per heavy atom. The predicted molar refractivity (Wildman–Crippen MR) is 132 cm³/mol. The lowest BCUT2D eigenvalue weighted by Gasteiger charge is -2.08. The fourth-order valence-corrected chi connectivity index (χ4v) is 5.55. The van der Waals surface area contributed by atoms with Crippen LogP contribution in [0.25, 0.3) is 26.7 Å². The van der Waals surface area contributed by atoms with Crippen LogP contribution in [0.5, 0.6) is 0 Å². The highest BCUT2D eigenvalue weighted by molar-refractivity contribution is 7.13. The Kier molecular flexibility index (Phi) is 5.62. The van der Waals surface area contributed by atoms with Gasteiger partial charge in [-0.2, -0.15) is 5.10 Å². The highest BCUT2D eigenvalue weighted by Gasteiger charge is 2.23. The Morgan fingerprint density at radius 2 is 1.91 bits per heavy atom. The lowest BCUT2D eigenvalue weighted by Crippen LogP contribution is -2.15. The van der Waals surface area contributed by atoms with Crippen LogP contribution in [0.4, 0.5) is 0 Å². The van der Waals surface area contributed by atoms with Crippen molar-refractivity contribution in [2.24, 2.45) is 7.05 Å². The van der Waals surface area contributed by atoms with Gasteiger partial charge in [-0.15, -0.1) is 22.7 Å². The van der Waals surface area contributed by atoms with E-state index in [1.807, 2.05) is 48.2 Å². The number of carbonyl (C=O) groups is 2. The third-order valence-electron chi connectivity index (χ3n) is 5.64. The zero-order valence-electron chi connectivity index (χ0n) is 19.0. The summed E-state index contributed by atoms with van der Waals surface area (Å²) >= 11 is 3.02. The Hall–Kier alpha value is -3.63. The summed E-state index contributed by atoms with van der Waals surface area (Å²) in [6.45, 7) is 5.24. The number of ether oxygens (including phenoxy) is 1. The molecule has 0 radical (unpaired) electrons. The molecule has 34 heavy (non-hydrogen) atoms. The van der Waals surface area contributed by atoms with E-state index in [4.69, 9.17) is 9.72 Å². The lowest BCUT2D eigenvalue weighted by atomic mass is 10.1. The van der Waals surface area contributed by atoms with Gasteiger partial charge in [0.1, 0.15) is 0 Å². The van der Waals surface area contributed by atoms with Crippen LogP contribution in [0.2, 0.25) is 0 Å². The molecule has 0 N–H and O–H groups in total. The fourth-order valence-electron chi connectivity index (χ4n) is 4.11. The minimum absolute atomic E-state index is 0.268. The normalized spacial score (nSPS) is 11.3. The van der Waals surface area contributed by atoms with E-state index >= 15 is 0 Å². The molecule has 0 aliphatic carbocycles. The Labute approximate surface area is 203 Å². The molecular weight excluding hydrogens is 470 g/mol. The first-order valence-corrected chi connectivity index (χ1v) is 12.3. The van der Waals surface area contributed by atoms with Crippen molar-refractivity contribution in [3.05, 3.63) is 69.4 Å². The largest absolute Gasteiger partial charge is 0.454 e. The number of rotatable bonds is 6. The number of fused-ring (bicyclic) bond motifs is 1. The summed E-state index contributed by atoms with van der Waals surface area (Å²) in [5.74, 6) is -0.848. The van der Waals surface area contributed by atoms with Crippen molar-refractivity contribution in [3.8, 4) is 15.7 Å². The zero-order valence-corrected chi connectivity index (χ0v) is 20.7. The van der Waals surface area contributed by atoms with Gasteiger partial charge in [0.05, 0.1) is 27.2 Å². The molecule has 0 spiro atoms. The molecular formula is C24H21N5O3S2. The van der Waals surface area contributed by atoms with E-state index in [9.17, 15) is 9.59 Å². The molecule has 8 nitrogen and oxygen atoms in total. The van der Waals surface area contributed by atoms with Gasteiger partial charge in [-0.05, 0) is 44.4 Å². The summed E-state index contributed by atoms with van der Waals surface area (Å²) in [6, 6.07) is 7.39. The molecule has 0 aromatic carbocycles. The first-order chi connectivity index (χ1) is 16.3. The van der Waals surface area contributed by atoms with E-state index in [2.05, 4.69) is 10.1 Å². The molecule has 172 valence electrons. The second-order valence-electron chi connectivity index (χ2n) is 7.87. The molecule has 0 aliphatic heterocycles. The standard InChI is InChI=1S/C24H21N5O3S2/c1-13-10-16(15(3)29(13)24-25-7-9-34-24)19(30)12-32-23(31)17-11-18(20-6-5-8-33-20)26-22-21(17)14(2)27-28(22)4/h5-11H,12H2,1-4H3. The topological polar surface area (TPSA) is 91.9 Å². The van der Waals surface area contributed by atoms with Crippen molar-refractivity contribution >= 4 is 45.5 Å². The molecule has 5 aromatic heterocycles. The van der Waals surface area contributed by atoms with Gasteiger partial charge in [0.25, 0.3) is 0 Å². The van der Waals surface area contributed by atoms with Crippen molar-refractivity contribution < 1.29 is 14.3 Å². The van der Waals surface area contributed by atoms with Gasteiger partial charge in [0.2, 0.25) is 5.78 Å². The maximum atomic E-state index is 13.2. The lowest BCUT2D eigenvalue weighted by molar-refractivity contribution is 0.0476. The van der Waals surface area contributed by atoms with Gasteiger partial charge in [-0.25, -0.2) is 14.8 Å². The van der Waals surface area contributed by atoms with E-state index in [0.717, 1.165) is 21.4 Å². The number of esters is 1. The first kappa shape index (κ1) is 22.2. The number of thiophene rings is 1. The number of carbonyl (C=O) groups excluding carboxylic acids is 2. The van der Waals surface area contributed by atoms with Crippen LogP contribution in [-0.4, -0.2) is 42.7 Å². The quantitative estimate of drug-likeness (QED) is 0.248. The third-order valence-corrected chi connectivity index (χ3v) is 7.29. The first-order valence-electron chi connectivity index (χ1n) is 10.5. The average molecular weight is 492 g/mol. The van der Waals surface area contributed by atoms with Gasteiger partial charge in [0, 0.05) is 35.6 Å². The van der Waals surface area contributed by atoms with E-state index in [0.29, 0.717) is 33.5 Å². The van der Waals surface area contributed by atoms with Gasteiger partial charge >= 0.3 is 5.97 Å². The summed E-state index contributed by atoms with van der Waals surface area (Å²) in [7, 11) is 1.79. The summed E-state index contributed by atoms with van der Waals surface area (Å²) < 4.78 is 9.09. The van der Waals surface area contributed by atoms with Crippen molar-refractivity contribution in [2.75, 3.05) is 6.61 Å². The number of aromatic nitrogens is 5. The Morgan fingerprint density at radius 1 is 1.09 bits per heavy atom. The van der Waals surface area contributed by atoms with Crippen LogP contribution in [-0.2, 0) is 11.8 Å². The van der Waals surface area contributed by atoms with E-state index in [-0.39, 0.29) is 12.4 Å². The highest BCUT2D eigenvalue weighted by atomic mass is 32.1. The number of thiazole rings is 1. The Bertz CT molecular complexity index is 1530. The van der Waals surface area contributed by atoms with E-state index in [1.165, 1.54) is 22.7 Å². The summed E-state index contributed by atoms with van der Waals surface area (Å²) in [5, 5.41) is 9.68. The molecule has 0 aliphatic rings. The summed E-state index contributed by atoms with van der Waals surface area (Å²) in [4.78, 5) is 36.1. The van der Waals surface area contributed by atoms with Gasteiger partial charge < -0.3 is 4.74 Å². The van der Waals surface area contributed by atoms with Crippen LogP contribution in [0.1, 0.15) is 37.8 Å². The predicted octanol–water partition coefficient (Wildman–Crippen LogP) is 4.91. The molecule has 0 fully saturated rings. The molecule has 5 heterocycles. The van der Waals surface area contributed by atoms with Crippen molar-refractivity contribution in [1.82, 2.24) is 24.3 Å². The number of ketones is 1. The van der Waals surface area contributed by atoms with E-state index in [1.54, 1.807) is 30.1 Å². The average Bonchev–Trinajstić information content (AvgIpc) is 3.61. The van der Waals surface area contributed by atoms with E-state index < -0.39 is 5.97 Å². The number of hydrogen-bond donors (Lipinski definition) is 0. The minimum atomic E-state index is -0.580. The summed E-state index contributed by atoms with van der Waals surface area (Å²) in [6.07, 6.45) is 1.72.